The highest BCUT2D eigenvalue weighted by atomic mass is 35.5. The molecule has 1 N–H and O–H groups in total. The van der Waals surface area contributed by atoms with Gasteiger partial charge in [0.15, 0.2) is 11.2 Å². The van der Waals surface area contributed by atoms with E-state index in [2.05, 4.69) is 19.2 Å². The number of nitrogens with one attached hydrogen (secondary N) is 1. The van der Waals surface area contributed by atoms with Gasteiger partial charge in [-0.1, -0.05) is 43.6 Å². The minimum Gasteiger partial charge on any atom is -0.480 e. The Bertz CT molecular complexity index is 1760. The average molecular weight is 570 g/mol. The number of carbonyl (C=O) groups is 2. The molecule has 2 aromatic heterocycles. The van der Waals surface area contributed by atoms with Gasteiger partial charge < -0.3 is 14.6 Å². The molecule has 2 aliphatic heterocycles. The van der Waals surface area contributed by atoms with E-state index in [1.165, 1.54) is 0 Å². The molecule has 41 heavy (non-hydrogen) atoms. The van der Waals surface area contributed by atoms with E-state index in [0.29, 0.717) is 44.9 Å². The van der Waals surface area contributed by atoms with Crippen LogP contribution < -0.4 is 15.0 Å². The molecule has 4 aromatic rings. The number of ether oxygens (including phenoxy) is 1. The van der Waals surface area contributed by atoms with Crippen LogP contribution in [0, 0.1) is 13.8 Å². The summed E-state index contributed by atoms with van der Waals surface area (Å²) in [6.07, 6.45) is 0. The predicted octanol–water partition coefficient (Wildman–Crippen LogP) is 6.78. The molecular weight excluding hydrogens is 538 g/mol. The number of halogens is 1. The summed E-state index contributed by atoms with van der Waals surface area (Å²) < 4.78 is 7.71. The maximum absolute atomic E-state index is 14.5. The molecule has 2 aliphatic rings. The lowest BCUT2D eigenvalue weighted by molar-refractivity contribution is -0.119. The second-order valence-electron chi connectivity index (χ2n) is 11.3. The SMILES string of the molecule is COc1nc(C(C)C)ccc1-c1nc2c(n1C(C)C)C1(C(=O)Nc3cc(C)ccc31)N(c1cc(Cl)ccc1C)C2=O. The van der Waals surface area contributed by atoms with E-state index in [1.54, 1.807) is 24.1 Å². The first kappa shape index (κ1) is 27.0. The van der Waals surface area contributed by atoms with Gasteiger partial charge >= 0.3 is 0 Å². The summed E-state index contributed by atoms with van der Waals surface area (Å²) in [5.41, 5.74) is 4.48. The number of pyridine rings is 1. The Hall–Kier alpha value is -4.17. The molecule has 4 heterocycles. The normalized spacial score (nSPS) is 17.6. The lowest BCUT2D eigenvalue weighted by Crippen LogP contribution is -2.51. The van der Waals surface area contributed by atoms with Crippen LogP contribution in [0.4, 0.5) is 11.4 Å². The summed E-state index contributed by atoms with van der Waals surface area (Å²) in [5, 5.41) is 3.55. The van der Waals surface area contributed by atoms with Gasteiger partial charge in [0.2, 0.25) is 5.88 Å². The average Bonchev–Trinajstić information content (AvgIpc) is 3.53. The molecule has 2 aromatic carbocycles. The molecule has 9 heteroatoms. The van der Waals surface area contributed by atoms with Gasteiger partial charge in [0.05, 0.1) is 24.1 Å². The Morgan fingerprint density at radius 2 is 1.73 bits per heavy atom. The van der Waals surface area contributed by atoms with Gasteiger partial charge in [-0.15, -0.1) is 0 Å². The molecule has 0 saturated carbocycles. The third-order valence-electron chi connectivity index (χ3n) is 7.97. The standard InChI is InChI=1S/C32H32ClN5O3/c1-16(2)23-13-11-21(29(34-23)41-7)28-36-26-27(37(28)17(3)4)32(22-12-8-18(5)14-24(22)35-31(32)40)38(30(26)39)25-15-20(33)10-9-19(25)6/h8-17H,1-7H3,(H,35,40). The van der Waals surface area contributed by atoms with Crippen molar-refractivity contribution in [3.8, 4) is 17.3 Å². The summed E-state index contributed by atoms with van der Waals surface area (Å²) in [7, 11) is 1.57. The number of benzene rings is 2. The molecular formula is C32H32ClN5O3. The Labute approximate surface area is 244 Å². The maximum Gasteiger partial charge on any atom is 0.280 e. The molecule has 0 aliphatic carbocycles. The number of methoxy groups -OCH3 is 1. The second-order valence-corrected chi connectivity index (χ2v) is 11.8. The first-order valence-corrected chi connectivity index (χ1v) is 14.1. The van der Waals surface area contributed by atoms with Crippen LogP contribution in [-0.2, 0) is 10.3 Å². The monoisotopic (exact) mass is 569 g/mol. The maximum atomic E-state index is 14.5. The molecule has 210 valence electrons. The van der Waals surface area contributed by atoms with Crippen molar-refractivity contribution in [1.29, 1.82) is 0 Å². The molecule has 0 bridgehead atoms. The van der Waals surface area contributed by atoms with Gasteiger partial charge in [-0.05, 0) is 75.1 Å². The first-order chi connectivity index (χ1) is 19.5. The molecule has 1 spiro atoms. The van der Waals surface area contributed by atoms with Crippen molar-refractivity contribution in [1.82, 2.24) is 14.5 Å². The Morgan fingerprint density at radius 1 is 0.976 bits per heavy atom. The summed E-state index contributed by atoms with van der Waals surface area (Å²) >= 11 is 6.46. The zero-order valence-electron chi connectivity index (χ0n) is 24.2. The van der Waals surface area contributed by atoms with Crippen LogP contribution in [0.5, 0.6) is 5.88 Å². The van der Waals surface area contributed by atoms with Crippen molar-refractivity contribution in [3.63, 3.8) is 0 Å². The fraction of sp³-hybridized carbons (Fsp3) is 0.312. The van der Waals surface area contributed by atoms with Gasteiger partial charge in [-0.2, -0.15) is 0 Å². The topological polar surface area (TPSA) is 89.3 Å². The number of nitrogens with zero attached hydrogens (tertiary/aromatic N) is 4. The smallest absolute Gasteiger partial charge is 0.280 e. The van der Waals surface area contributed by atoms with Crippen LogP contribution >= 0.6 is 11.6 Å². The number of imidazole rings is 1. The number of rotatable bonds is 5. The van der Waals surface area contributed by atoms with E-state index < -0.39 is 5.54 Å². The van der Waals surface area contributed by atoms with Crippen LogP contribution in [0.3, 0.4) is 0 Å². The van der Waals surface area contributed by atoms with Crippen LogP contribution in [0.2, 0.25) is 5.02 Å². The third kappa shape index (κ3) is 3.73. The van der Waals surface area contributed by atoms with Crippen molar-refractivity contribution in [2.45, 2.75) is 59.0 Å². The van der Waals surface area contributed by atoms with Crippen LogP contribution in [-0.4, -0.2) is 33.5 Å². The van der Waals surface area contributed by atoms with Gasteiger partial charge in [0.25, 0.3) is 11.8 Å². The number of fused-ring (bicyclic) bond motifs is 4. The summed E-state index contributed by atoms with van der Waals surface area (Å²) in [6, 6.07) is 14.9. The van der Waals surface area contributed by atoms with E-state index in [0.717, 1.165) is 16.8 Å². The Balaban J connectivity index is 1.72. The molecule has 1 unspecified atom stereocenters. The van der Waals surface area contributed by atoms with E-state index in [-0.39, 0.29) is 29.5 Å². The second kappa shape index (κ2) is 9.45. The quantitative estimate of drug-likeness (QED) is 0.286. The number of aromatic nitrogens is 3. The van der Waals surface area contributed by atoms with Gasteiger partial charge in [0, 0.05) is 28.0 Å². The number of carbonyl (C=O) groups excluding carboxylic acids is 2. The van der Waals surface area contributed by atoms with Crippen molar-refractivity contribution >= 4 is 34.8 Å². The minimum atomic E-state index is -1.50. The van der Waals surface area contributed by atoms with Gasteiger partial charge in [-0.3, -0.25) is 14.5 Å². The zero-order chi connectivity index (χ0) is 29.4. The fourth-order valence-electron chi connectivity index (χ4n) is 6.07. The lowest BCUT2D eigenvalue weighted by atomic mass is 9.86. The van der Waals surface area contributed by atoms with E-state index in [9.17, 15) is 9.59 Å². The number of hydrogen-bond acceptors (Lipinski definition) is 5. The van der Waals surface area contributed by atoms with Crippen molar-refractivity contribution in [2.75, 3.05) is 17.3 Å². The summed E-state index contributed by atoms with van der Waals surface area (Å²) in [6.45, 7) is 12.0. The number of anilines is 2. The van der Waals surface area contributed by atoms with Crippen molar-refractivity contribution < 1.29 is 14.3 Å². The lowest BCUT2D eigenvalue weighted by Gasteiger charge is -2.36. The molecule has 0 saturated heterocycles. The number of amides is 2. The van der Waals surface area contributed by atoms with Crippen molar-refractivity contribution in [3.05, 3.63) is 87.3 Å². The number of hydrogen-bond donors (Lipinski definition) is 1. The van der Waals surface area contributed by atoms with E-state index in [4.69, 9.17) is 26.3 Å². The van der Waals surface area contributed by atoms with E-state index >= 15 is 0 Å². The molecule has 8 nitrogen and oxygen atoms in total. The van der Waals surface area contributed by atoms with Crippen LogP contribution in [0.25, 0.3) is 11.4 Å². The largest absolute Gasteiger partial charge is 0.480 e. The molecule has 6 rings (SSSR count). The van der Waals surface area contributed by atoms with E-state index in [1.807, 2.05) is 68.7 Å². The molecule has 2 amide bonds. The highest BCUT2D eigenvalue weighted by molar-refractivity contribution is 6.31. The fourth-order valence-corrected chi connectivity index (χ4v) is 6.24. The van der Waals surface area contributed by atoms with Crippen LogP contribution in [0.15, 0.2) is 48.5 Å². The molecule has 1 atom stereocenters. The summed E-state index contributed by atoms with van der Waals surface area (Å²) in [4.78, 5) is 40.2. The molecule has 0 radical (unpaired) electrons. The highest BCUT2D eigenvalue weighted by Gasteiger charge is 2.64. The predicted molar refractivity (Wildman–Crippen MR) is 160 cm³/mol. The third-order valence-corrected chi connectivity index (χ3v) is 8.21. The minimum absolute atomic E-state index is 0.164. The molecule has 0 fully saturated rings. The van der Waals surface area contributed by atoms with Gasteiger partial charge in [-0.25, -0.2) is 9.97 Å². The van der Waals surface area contributed by atoms with Gasteiger partial charge in [0.1, 0.15) is 5.82 Å². The zero-order valence-corrected chi connectivity index (χ0v) is 24.9. The first-order valence-electron chi connectivity index (χ1n) is 13.7. The van der Waals surface area contributed by atoms with Crippen LogP contribution in [0.1, 0.15) is 78.2 Å². The highest BCUT2D eigenvalue weighted by Crippen LogP contribution is 2.55. The van der Waals surface area contributed by atoms with Crippen molar-refractivity contribution in [2.24, 2.45) is 0 Å². The Morgan fingerprint density at radius 3 is 2.41 bits per heavy atom. The Kier molecular flexibility index (Phi) is 6.23. The summed E-state index contributed by atoms with van der Waals surface area (Å²) in [5.74, 6) is 0.443. The number of aryl methyl sites for hydroxylation is 2.